The molecule has 19 heavy (non-hydrogen) atoms. The Morgan fingerprint density at radius 1 is 1.47 bits per heavy atom. The standard InChI is InChI=1S/C14H25N3O2/c1-5-7-8-11(6-2)9-15-13-12(14(18)19)10(3)16-17(13)4/h11,15H,5-9H2,1-4H3,(H,18,19). The topological polar surface area (TPSA) is 67.2 Å². The number of rotatable bonds is 8. The van der Waals surface area contributed by atoms with Crippen LogP contribution in [0.5, 0.6) is 0 Å². The average Bonchev–Trinajstić information content (AvgIpc) is 2.64. The van der Waals surface area contributed by atoms with Gasteiger partial charge in [-0.15, -0.1) is 0 Å². The number of hydrogen-bond donors (Lipinski definition) is 2. The number of anilines is 1. The zero-order valence-electron chi connectivity index (χ0n) is 12.4. The summed E-state index contributed by atoms with van der Waals surface area (Å²) in [6, 6.07) is 0. The predicted molar refractivity (Wildman–Crippen MR) is 76.7 cm³/mol. The number of hydrogen-bond acceptors (Lipinski definition) is 3. The third kappa shape index (κ3) is 3.98. The van der Waals surface area contributed by atoms with Gasteiger partial charge in [0.2, 0.25) is 0 Å². The zero-order chi connectivity index (χ0) is 14.4. The van der Waals surface area contributed by atoms with E-state index in [2.05, 4.69) is 24.3 Å². The van der Waals surface area contributed by atoms with Crippen molar-refractivity contribution in [1.29, 1.82) is 0 Å². The SMILES string of the molecule is CCCCC(CC)CNc1c(C(=O)O)c(C)nn1C. The summed E-state index contributed by atoms with van der Waals surface area (Å²) in [5, 5.41) is 16.7. The first-order chi connectivity index (χ1) is 9.01. The van der Waals surface area contributed by atoms with Crippen molar-refractivity contribution in [2.45, 2.75) is 46.5 Å². The summed E-state index contributed by atoms with van der Waals surface area (Å²) in [7, 11) is 1.77. The number of carbonyl (C=O) groups is 1. The first-order valence-electron chi connectivity index (χ1n) is 7.01. The fraction of sp³-hybridized carbons (Fsp3) is 0.714. The van der Waals surface area contributed by atoms with Gasteiger partial charge in [-0.05, 0) is 19.3 Å². The van der Waals surface area contributed by atoms with E-state index in [0.29, 0.717) is 17.4 Å². The number of nitrogens with one attached hydrogen (secondary N) is 1. The molecule has 0 aliphatic carbocycles. The summed E-state index contributed by atoms with van der Waals surface area (Å²) in [4.78, 5) is 11.2. The number of aromatic carboxylic acids is 1. The molecule has 0 aliphatic rings. The minimum absolute atomic E-state index is 0.285. The second kappa shape index (κ2) is 7.16. The molecule has 108 valence electrons. The Hall–Kier alpha value is -1.52. The molecule has 2 N–H and O–H groups in total. The van der Waals surface area contributed by atoms with Crippen molar-refractivity contribution in [3.05, 3.63) is 11.3 Å². The predicted octanol–water partition coefficient (Wildman–Crippen LogP) is 3.06. The van der Waals surface area contributed by atoms with Crippen LogP contribution in [0.4, 0.5) is 5.82 Å². The van der Waals surface area contributed by atoms with Crippen LogP contribution in [0.2, 0.25) is 0 Å². The third-order valence-corrected chi connectivity index (χ3v) is 3.54. The van der Waals surface area contributed by atoms with Crippen molar-refractivity contribution in [2.24, 2.45) is 13.0 Å². The summed E-state index contributed by atoms with van der Waals surface area (Å²) in [5.41, 5.74) is 0.840. The van der Waals surface area contributed by atoms with Gasteiger partial charge in [-0.1, -0.05) is 33.1 Å². The van der Waals surface area contributed by atoms with E-state index in [1.165, 1.54) is 19.3 Å². The smallest absolute Gasteiger partial charge is 0.341 e. The maximum absolute atomic E-state index is 11.2. The molecule has 5 nitrogen and oxygen atoms in total. The normalized spacial score (nSPS) is 12.4. The van der Waals surface area contributed by atoms with Crippen LogP contribution in [0.15, 0.2) is 0 Å². The highest BCUT2D eigenvalue weighted by Crippen LogP contribution is 2.20. The molecule has 0 radical (unpaired) electrons. The van der Waals surface area contributed by atoms with E-state index in [9.17, 15) is 9.90 Å². The molecule has 0 saturated carbocycles. The van der Waals surface area contributed by atoms with Crippen molar-refractivity contribution in [3.8, 4) is 0 Å². The Morgan fingerprint density at radius 3 is 2.68 bits per heavy atom. The van der Waals surface area contributed by atoms with Crippen LogP contribution in [-0.4, -0.2) is 27.4 Å². The van der Waals surface area contributed by atoms with Gasteiger partial charge in [0.05, 0.1) is 5.69 Å². The molecule has 1 aromatic heterocycles. The van der Waals surface area contributed by atoms with E-state index in [0.717, 1.165) is 13.0 Å². The largest absolute Gasteiger partial charge is 0.477 e. The number of aryl methyl sites for hydroxylation is 2. The fourth-order valence-corrected chi connectivity index (χ4v) is 2.30. The summed E-state index contributed by atoms with van der Waals surface area (Å²) in [6.07, 6.45) is 4.70. The average molecular weight is 267 g/mol. The first-order valence-corrected chi connectivity index (χ1v) is 7.01. The molecule has 0 aliphatic heterocycles. The molecule has 1 heterocycles. The fourth-order valence-electron chi connectivity index (χ4n) is 2.30. The Balaban J connectivity index is 2.73. The summed E-state index contributed by atoms with van der Waals surface area (Å²) in [5.74, 6) is 0.270. The molecule has 1 atom stereocenters. The maximum Gasteiger partial charge on any atom is 0.341 e. The monoisotopic (exact) mass is 267 g/mol. The molecule has 5 heteroatoms. The van der Waals surface area contributed by atoms with E-state index in [4.69, 9.17) is 0 Å². The van der Waals surface area contributed by atoms with Gasteiger partial charge in [0, 0.05) is 13.6 Å². The summed E-state index contributed by atoms with van der Waals surface area (Å²) < 4.78 is 1.62. The van der Waals surface area contributed by atoms with Gasteiger partial charge < -0.3 is 10.4 Å². The van der Waals surface area contributed by atoms with Gasteiger partial charge in [0.25, 0.3) is 0 Å². The zero-order valence-corrected chi connectivity index (χ0v) is 12.4. The molecule has 0 amide bonds. The molecule has 1 unspecified atom stereocenters. The van der Waals surface area contributed by atoms with Crippen LogP contribution in [0.3, 0.4) is 0 Å². The van der Waals surface area contributed by atoms with Crippen molar-refractivity contribution in [2.75, 3.05) is 11.9 Å². The molecule has 1 rings (SSSR count). The van der Waals surface area contributed by atoms with Crippen LogP contribution in [0.25, 0.3) is 0 Å². The highest BCUT2D eigenvalue weighted by Gasteiger charge is 2.19. The van der Waals surface area contributed by atoms with Crippen LogP contribution < -0.4 is 5.32 Å². The summed E-state index contributed by atoms with van der Waals surface area (Å²) in [6.45, 7) is 6.89. The molecular weight excluding hydrogens is 242 g/mol. The van der Waals surface area contributed by atoms with E-state index in [-0.39, 0.29) is 5.56 Å². The van der Waals surface area contributed by atoms with Gasteiger partial charge in [-0.3, -0.25) is 4.68 Å². The van der Waals surface area contributed by atoms with Crippen LogP contribution in [0, 0.1) is 12.8 Å². The molecule has 0 aromatic carbocycles. The van der Waals surface area contributed by atoms with Crippen LogP contribution in [0.1, 0.15) is 55.6 Å². The van der Waals surface area contributed by atoms with Crippen molar-refractivity contribution >= 4 is 11.8 Å². The van der Waals surface area contributed by atoms with E-state index in [1.54, 1.807) is 18.7 Å². The van der Waals surface area contributed by atoms with E-state index >= 15 is 0 Å². The second-order valence-corrected chi connectivity index (χ2v) is 5.04. The van der Waals surface area contributed by atoms with E-state index in [1.807, 2.05) is 0 Å². The van der Waals surface area contributed by atoms with Gasteiger partial charge >= 0.3 is 5.97 Å². The summed E-state index contributed by atoms with van der Waals surface area (Å²) >= 11 is 0. The second-order valence-electron chi connectivity index (χ2n) is 5.04. The number of carboxylic acid groups (broad SMARTS) is 1. The molecule has 1 aromatic rings. The van der Waals surface area contributed by atoms with Crippen molar-refractivity contribution in [1.82, 2.24) is 9.78 Å². The maximum atomic E-state index is 11.2. The minimum Gasteiger partial charge on any atom is -0.477 e. The van der Waals surface area contributed by atoms with Gasteiger partial charge in [-0.25, -0.2) is 4.79 Å². The van der Waals surface area contributed by atoms with Gasteiger partial charge in [-0.2, -0.15) is 5.10 Å². The lowest BCUT2D eigenvalue weighted by atomic mass is 9.99. The Kier molecular flexibility index (Phi) is 5.86. The van der Waals surface area contributed by atoms with Crippen molar-refractivity contribution in [3.63, 3.8) is 0 Å². The van der Waals surface area contributed by atoms with Crippen molar-refractivity contribution < 1.29 is 9.90 Å². The molecule has 0 spiro atoms. The Labute approximate surface area is 115 Å². The lowest BCUT2D eigenvalue weighted by molar-refractivity contribution is 0.0697. The highest BCUT2D eigenvalue weighted by atomic mass is 16.4. The van der Waals surface area contributed by atoms with Gasteiger partial charge in [0.15, 0.2) is 0 Å². The quantitative estimate of drug-likeness (QED) is 0.759. The molecular formula is C14H25N3O2. The van der Waals surface area contributed by atoms with E-state index < -0.39 is 5.97 Å². The first kappa shape index (κ1) is 15.5. The van der Waals surface area contributed by atoms with Crippen LogP contribution in [-0.2, 0) is 7.05 Å². The number of unbranched alkanes of at least 4 members (excludes halogenated alkanes) is 1. The lowest BCUT2D eigenvalue weighted by Gasteiger charge is -2.16. The molecule has 0 bridgehead atoms. The molecule has 0 fully saturated rings. The highest BCUT2D eigenvalue weighted by molar-refractivity contribution is 5.94. The van der Waals surface area contributed by atoms with Crippen LogP contribution >= 0.6 is 0 Å². The minimum atomic E-state index is -0.922. The number of nitrogens with zero attached hydrogens (tertiary/aromatic N) is 2. The van der Waals surface area contributed by atoms with Gasteiger partial charge in [0.1, 0.15) is 11.4 Å². The number of carboxylic acids is 1. The third-order valence-electron chi connectivity index (χ3n) is 3.54. The molecule has 0 saturated heterocycles. The lowest BCUT2D eigenvalue weighted by Crippen LogP contribution is -2.17. The number of aromatic nitrogens is 2. The Bertz CT molecular complexity index is 427. The Morgan fingerprint density at radius 2 is 2.16 bits per heavy atom.